The number of aromatic nitrogens is 2. The Morgan fingerprint density at radius 2 is 2.04 bits per heavy atom. The number of anilines is 1. The molecule has 1 aliphatic heterocycles. The maximum atomic E-state index is 5.44. The quantitative estimate of drug-likeness (QED) is 0.494. The fraction of sp³-hybridized carbons (Fsp3) is 0.650. The van der Waals surface area contributed by atoms with Gasteiger partial charge in [-0.2, -0.15) is 0 Å². The Labute approximate surface area is 171 Å². The minimum atomic E-state index is 0.584. The summed E-state index contributed by atoms with van der Waals surface area (Å²) >= 11 is 1.76. The number of nitrogens with zero attached hydrogens (tertiary/aromatic N) is 4. The SMILES string of the molecule is CCNC(=NCc1c(CC)noc1CC)NCCc1csc(N2CCCC2)n1. The van der Waals surface area contributed by atoms with Gasteiger partial charge in [-0.05, 0) is 26.2 Å². The molecule has 2 N–H and O–H groups in total. The van der Waals surface area contributed by atoms with Crippen LogP contribution >= 0.6 is 11.3 Å². The van der Waals surface area contributed by atoms with Crippen molar-refractivity contribution in [2.75, 3.05) is 31.1 Å². The predicted molar refractivity (Wildman–Crippen MR) is 115 cm³/mol. The minimum absolute atomic E-state index is 0.584. The molecule has 0 bridgehead atoms. The van der Waals surface area contributed by atoms with Crippen molar-refractivity contribution >= 4 is 22.4 Å². The van der Waals surface area contributed by atoms with Crippen LogP contribution in [0.2, 0.25) is 0 Å². The summed E-state index contributed by atoms with van der Waals surface area (Å²) in [5, 5.41) is 14.3. The number of thiazole rings is 1. The van der Waals surface area contributed by atoms with E-state index < -0.39 is 0 Å². The van der Waals surface area contributed by atoms with Crippen LogP contribution in [-0.2, 0) is 25.8 Å². The molecule has 0 aliphatic carbocycles. The van der Waals surface area contributed by atoms with Crippen LogP contribution < -0.4 is 15.5 Å². The van der Waals surface area contributed by atoms with E-state index in [0.717, 1.165) is 74.1 Å². The Hall–Kier alpha value is -2.09. The third-order valence-corrected chi connectivity index (χ3v) is 5.89. The molecule has 2 aromatic rings. The lowest BCUT2D eigenvalue weighted by atomic mass is 10.1. The highest BCUT2D eigenvalue weighted by Crippen LogP contribution is 2.24. The monoisotopic (exact) mass is 404 g/mol. The smallest absolute Gasteiger partial charge is 0.191 e. The summed E-state index contributed by atoms with van der Waals surface area (Å²) < 4.78 is 5.44. The van der Waals surface area contributed by atoms with Crippen molar-refractivity contribution in [2.45, 2.75) is 59.4 Å². The molecule has 8 heteroatoms. The summed E-state index contributed by atoms with van der Waals surface area (Å²) in [6, 6.07) is 0. The molecule has 2 aromatic heterocycles. The van der Waals surface area contributed by atoms with Gasteiger partial charge in [-0.3, -0.25) is 0 Å². The van der Waals surface area contributed by atoms with Gasteiger partial charge in [0, 0.05) is 50.0 Å². The topological polar surface area (TPSA) is 78.6 Å². The maximum Gasteiger partial charge on any atom is 0.191 e. The van der Waals surface area contributed by atoms with E-state index in [2.05, 4.69) is 46.8 Å². The van der Waals surface area contributed by atoms with Gasteiger partial charge in [0.25, 0.3) is 0 Å². The summed E-state index contributed by atoms with van der Waals surface area (Å²) in [4.78, 5) is 11.9. The molecule has 0 radical (unpaired) electrons. The first-order chi connectivity index (χ1) is 13.7. The number of hydrogen-bond donors (Lipinski definition) is 2. The van der Waals surface area contributed by atoms with Gasteiger partial charge in [0.1, 0.15) is 5.76 Å². The van der Waals surface area contributed by atoms with Gasteiger partial charge in [-0.1, -0.05) is 19.0 Å². The van der Waals surface area contributed by atoms with E-state index in [1.54, 1.807) is 11.3 Å². The van der Waals surface area contributed by atoms with Crippen LogP contribution in [0, 0.1) is 0 Å². The van der Waals surface area contributed by atoms with E-state index in [0.29, 0.717) is 6.54 Å². The molecule has 3 rings (SSSR count). The maximum absolute atomic E-state index is 5.44. The summed E-state index contributed by atoms with van der Waals surface area (Å²) in [6.07, 6.45) is 5.16. The van der Waals surface area contributed by atoms with Crippen LogP contribution in [0.3, 0.4) is 0 Å². The molecule has 0 spiro atoms. The molecule has 1 fully saturated rings. The standard InChI is InChI=1S/C20H32N6OS/c1-4-17-16(18(5-2)27-25-17)13-23-19(21-6-3)22-10-9-15-14-28-20(24-15)26-11-7-8-12-26/h14H,4-13H2,1-3H3,(H2,21,22,23). The second-order valence-corrected chi connectivity index (χ2v) is 7.76. The van der Waals surface area contributed by atoms with Gasteiger partial charge in [0.15, 0.2) is 11.1 Å². The van der Waals surface area contributed by atoms with Gasteiger partial charge in [-0.15, -0.1) is 11.3 Å². The van der Waals surface area contributed by atoms with E-state index in [1.165, 1.54) is 18.0 Å². The van der Waals surface area contributed by atoms with Crippen LogP contribution in [0.4, 0.5) is 5.13 Å². The Morgan fingerprint density at radius 3 is 2.75 bits per heavy atom. The Kier molecular flexibility index (Phi) is 7.71. The number of nitrogens with one attached hydrogen (secondary N) is 2. The van der Waals surface area contributed by atoms with Crippen LogP contribution in [0.5, 0.6) is 0 Å². The summed E-state index contributed by atoms with van der Waals surface area (Å²) in [7, 11) is 0. The molecule has 0 amide bonds. The second kappa shape index (κ2) is 10.5. The lowest BCUT2D eigenvalue weighted by Crippen LogP contribution is -2.38. The van der Waals surface area contributed by atoms with Gasteiger partial charge in [0.05, 0.1) is 17.9 Å². The molecule has 1 saturated heterocycles. The zero-order valence-electron chi connectivity index (χ0n) is 17.3. The summed E-state index contributed by atoms with van der Waals surface area (Å²) in [5.41, 5.74) is 3.28. The molecule has 1 aliphatic rings. The van der Waals surface area contributed by atoms with Crippen LogP contribution in [0.1, 0.15) is 56.3 Å². The minimum Gasteiger partial charge on any atom is -0.361 e. The van der Waals surface area contributed by atoms with Crippen molar-refractivity contribution in [1.29, 1.82) is 0 Å². The van der Waals surface area contributed by atoms with Crippen molar-refractivity contribution < 1.29 is 4.52 Å². The fourth-order valence-corrected chi connectivity index (χ4v) is 4.30. The second-order valence-electron chi connectivity index (χ2n) is 6.93. The van der Waals surface area contributed by atoms with E-state index in [-0.39, 0.29) is 0 Å². The van der Waals surface area contributed by atoms with Crippen molar-refractivity contribution in [3.63, 3.8) is 0 Å². The molecule has 0 aromatic carbocycles. The highest BCUT2D eigenvalue weighted by atomic mass is 32.1. The molecule has 7 nitrogen and oxygen atoms in total. The third-order valence-electron chi connectivity index (χ3n) is 4.94. The van der Waals surface area contributed by atoms with Crippen molar-refractivity contribution in [2.24, 2.45) is 4.99 Å². The molecule has 28 heavy (non-hydrogen) atoms. The molecular weight excluding hydrogens is 372 g/mol. The molecule has 0 saturated carbocycles. The van der Waals surface area contributed by atoms with Crippen LogP contribution in [-0.4, -0.2) is 42.3 Å². The number of guanidine groups is 1. The number of aliphatic imine (C=N–C) groups is 1. The first-order valence-corrected chi connectivity index (χ1v) is 11.3. The van der Waals surface area contributed by atoms with Gasteiger partial charge in [0.2, 0.25) is 0 Å². The fourth-order valence-electron chi connectivity index (χ4n) is 3.39. The normalized spacial score (nSPS) is 14.7. The summed E-state index contributed by atoms with van der Waals surface area (Å²) in [5.74, 6) is 1.76. The molecule has 154 valence electrons. The van der Waals surface area contributed by atoms with Crippen molar-refractivity contribution in [3.05, 3.63) is 28.1 Å². The van der Waals surface area contributed by atoms with E-state index in [9.17, 15) is 0 Å². The average Bonchev–Trinajstić information content (AvgIpc) is 3.45. The molecule has 3 heterocycles. The van der Waals surface area contributed by atoms with Gasteiger partial charge >= 0.3 is 0 Å². The largest absolute Gasteiger partial charge is 0.361 e. The van der Waals surface area contributed by atoms with Crippen LogP contribution in [0.25, 0.3) is 0 Å². The van der Waals surface area contributed by atoms with Gasteiger partial charge < -0.3 is 20.1 Å². The predicted octanol–water partition coefficient (Wildman–Crippen LogP) is 3.15. The van der Waals surface area contributed by atoms with E-state index >= 15 is 0 Å². The highest BCUT2D eigenvalue weighted by Gasteiger charge is 2.16. The van der Waals surface area contributed by atoms with Crippen molar-refractivity contribution in [3.8, 4) is 0 Å². The average molecular weight is 405 g/mol. The number of aryl methyl sites for hydroxylation is 2. The highest BCUT2D eigenvalue weighted by molar-refractivity contribution is 7.13. The lowest BCUT2D eigenvalue weighted by Gasteiger charge is -2.12. The molecule has 0 atom stereocenters. The molecular formula is C20H32N6OS. The number of hydrogen-bond acceptors (Lipinski definition) is 6. The first-order valence-electron chi connectivity index (χ1n) is 10.4. The first kappa shape index (κ1) is 20.6. The van der Waals surface area contributed by atoms with E-state index in [1.807, 2.05) is 0 Å². The van der Waals surface area contributed by atoms with E-state index in [4.69, 9.17) is 14.5 Å². The summed E-state index contributed by atoms with van der Waals surface area (Å²) in [6.45, 7) is 10.8. The lowest BCUT2D eigenvalue weighted by molar-refractivity contribution is 0.380. The Morgan fingerprint density at radius 1 is 1.21 bits per heavy atom. The van der Waals surface area contributed by atoms with Gasteiger partial charge in [-0.25, -0.2) is 9.98 Å². The Bertz CT molecular complexity index is 741. The number of rotatable bonds is 9. The molecule has 0 unspecified atom stereocenters. The zero-order valence-corrected chi connectivity index (χ0v) is 18.1. The Balaban J connectivity index is 1.54. The van der Waals surface area contributed by atoms with Crippen LogP contribution in [0.15, 0.2) is 14.9 Å². The third kappa shape index (κ3) is 5.25. The van der Waals surface area contributed by atoms with Crippen molar-refractivity contribution in [1.82, 2.24) is 20.8 Å². The zero-order chi connectivity index (χ0) is 19.8.